The van der Waals surface area contributed by atoms with Crippen LogP contribution in [0.25, 0.3) is 55.6 Å². The Morgan fingerprint density at radius 2 is 0.600 bits per heavy atom. The molecule has 65 heavy (non-hydrogen) atoms. The van der Waals surface area contributed by atoms with E-state index in [1.165, 1.54) is 89.0 Å². The molecule has 0 bridgehead atoms. The lowest BCUT2D eigenvalue weighted by Gasteiger charge is -2.35. The highest BCUT2D eigenvalue weighted by Crippen LogP contribution is 2.58. The van der Waals surface area contributed by atoms with Crippen molar-refractivity contribution < 1.29 is 0 Å². The number of nitrogens with zero attached hydrogens (tertiary/aromatic N) is 1. The Morgan fingerprint density at radius 3 is 1.11 bits per heavy atom. The molecular formula is C64H47N. The molecule has 0 saturated heterocycles. The first-order chi connectivity index (χ1) is 32.0. The summed E-state index contributed by atoms with van der Waals surface area (Å²) in [5.74, 6) is 0. The largest absolute Gasteiger partial charge is 0.310 e. The molecule has 2 aliphatic carbocycles. The summed E-state index contributed by atoms with van der Waals surface area (Å²) in [6.07, 6.45) is 0. The van der Waals surface area contributed by atoms with Gasteiger partial charge in [0.2, 0.25) is 0 Å². The van der Waals surface area contributed by atoms with Gasteiger partial charge < -0.3 is 4.90 Å². The van der Waals surface area contributed by atoms with Crippen molar-refractivity contribution in [1.29, 1.82) is 0 Å². The highest BCUT2D eigenvalue weighted by Gasteiger charge is 2.46. The molecular weight excluding hydrogens is 783 g/mol. The van der Waals surface area contributed by atoms with E-state index in [9.17, 15) is 0 Å². The zero-order valence-electron chi connectivity index (χ0n) is 36.6. The number of hydrogen-bond acceptors (Lipinski definition) is 1. The minimum absolute atomic E-state index is 0.136. The third-order valence-electron chi connectivity index (χ3n) is 14.2. The van der Waals surface area contributed by atoms with E-state index in [0.29, 0.717) is 0 Å². The predicted molar refractivity (Wildman–Crippen MR) is 272 cm³/mol. The molecule has 10 aromatic carbocycles. The quantitative estimate of drug-likeness (QED) is 0.147. The van der Waals surface area contributed by atoms with Gasteiger partial charge in [-0.1, -0.05) is 226 Å². The van der Waals surface area contributed by atoms with Gasteiger partial charge in [0.1, 0.15) is 0 Å². The van der Waals surface area contributed by atoms with Crippen LogP contribution in [0.3, 0.4) is 0 Å². The summed E-state index contributed by atoms with van der Waals surface area (Å²) >= 11 is 0. The molecule has 0 heterocycles. The highest BCUT2D eigenvalue weighted by molar-refractivity contribution is 5.91. The molecule has 308 valence electrons. The van der Waals surface area contributed by atoms with Crippen LogP contribution in [-0.4, -0.2) is 0 Å². The first-order valence-corrected chi connectivity index (χ1v) is 22.7. The topological polar surface area (TPSA) is 3.24 Å². The van der Waals surface area contributed by atoms with Crippen LogP contribution in [0.2, 0.25) is 0 Å². The lowest BCUT2D eigenvalue weighted by atomic mass is 9.67. The third-order valence-corrected chi connectivity index (χ3v) is 14.2. The van der Waals surface area contributed by atoms with Crippen LogP contribution >= 0.6 is 0 Å². The molecule has 0 radical (unpaired) electrons. The van der Waals surface area contributed by atoms with Crippen LogP contribution in [0, 0.1) is 0 Å². The number of anilines is 3. The van der Waals surface area contributed by atoms with Crippen molar-refractivity contribution in [3.63, 3.8) is 0 Å². The average Bonchev–Trinajstić information content (AvgIpc) is 3.80. The Balaban J connectivity index is 0.977. The molecule has 0 N–H and O–H groups in total. The summed E-state index contributed by atoms with van der Waals surface area (Å²) in [7, 11) is 0. The van der Waals surface area contributed by atoms with Gasteiger partial charge in [0.15, 0.2) is 0 Å². The van der Waals surface area contributed by atoms with Gasteiger partial charge in [-0.2, -0.15) is 0 Å². The molecule has 0 aromatic heterocycles. The molecule has 0 atom stereocenters. The van der Waals surface area contributed by atoms with Crippen LogP contribution < -0.4 is 4.90 Å². The van der Waals surface area contributed by atoms with E-state index < -0.39 is 5.41 Å². The van der Waals surface area contributed by atoms with Crippen molar-refractivity contribution in [2.24, 2.45) is 0 Å². The van der Waals surface area contributed by atoms with E-state index in [2.05, 4.69) is 267 Å². The van der Waals surface area contributed by atoms with E-state index in [0.717, 1.165) is 17.1 Å². The fourth-order valence-corrected chi connectivity index (χ4v) is 11.0. The van der Waals surface area contributed by atoms with Gasteiger partial charge in [-0.05, 0) is 125 Å². The maximum atomic E-state index is 2.47. The van der Waals surface area contributed by atoms with Crippen molar-refractivity contribution in [3.05, 3.63) is 282 Å². The molecule has 0 aliphatic heterocycles. The van der Waals surface area contributed by atoms with Crippen LogP contribution in [0.15, 0.2) is 249 Å². The highest BCUT2D eigenvalue weighted by atomic mass is 15.1. The Morgan fingerprint density at radius 1 is 0.262 bits per heavy atom. The zero-order valence-corrected chi connectivity index (χ0v) is 36.6. The first-order valence-electron chi connectivity index (χ1n) is 22.7. The summed E-state index contributed by atoms with van der Waals surface area (Å²) in [6.45, 7) is 4.73. The Kier molecular flexibility index (Phi) is 9.14. The molecule has 12 rings (SSSR count). The normalized spacial score (nSPS) is 13.6. The standard InChI is InChI=1S/C64H47N/c1-63(2)59-24-14-12-22-55(59)57-40-38-53(42-61(57)63)65(52-36-34-49(35-37-52)48-32-30-47(31-33-48)46-28-26-45(27-29-46)44-16-6-3-7-17-44)54-39-41-58-56-23-13-15-25-60(56)64(62(58)43-54,50-18-8-4-9-19-50)51-20-10-5-11-21-51/h3-43H,1-2H3. The van der Waals surface area contributed by atoms with Crippen LogP contribution in [0.1, 0.15) is 47.2 Å². The van der Waals surface area contributed by atoms with Gasteiger partial charge in [-0.25, -0.2) is 0 Å². The number of fused-ring (bicyclic) bond motifs is 6. The summed E-state index contributed by atoms with van der Waals surface area (Å²) < 4.78 is 0. The van der Waals surface area contributed by atoms with E-state index in [4.69, 9.17) is 0 Å². The van der Waals surface area contributed by atoms with Gasteiger partial charge in [-0.3, -0.25) is 0 Å². The minimum Gasteiger partial charge on any atom is -0.310 e. The second-order valence-corrected chi connectivity index (χ2v) is 18.1. The van der Waals surface area contributed by atoms with E-state index in [1.54, 1.807) is 0 Å². The molecule has 0 spiro atoms. The Hall–Kier alpha value is -8.00. The SMILES string of the molecule is CC1(C)c2ccccc2-c2ccc(N(c3ccc(-c4ccc(-c5ccc(-c6ccccc6)cc5)cc4)cc3)c3ccc4c(c3)C(c3ccccc3)(c3ccccc3)c3ccccc3-4)cc21. The van der Waals surface area contributed by atoms with E-state index in [1.807, 2.05) is 0 Å². The Bertz CT molecular complexity index is 3310. The summed E-state index contributed by atoms with van der Waals surface area (Å²) in [5.41, 5.74) is 23.0. The number of hydrogen-bond donors (Lipinski definition) is 0. The molecule has 1 nitrogen and oxygen atoms in total. The number of rotatable bonds is 8. The first kappa shape index (κ1) is 38.7. The molecule has 0 saturated carbocycles. The second kappa shape index (κ2) is 15.4. The Labute approximate surface area is 382 Å². The average molecular weight is 830 g/mol. The molecule has 0 unspecified atom stereocenters. The van der Waals surface area contributed by atoms with Gasteiger partial charge in [0, 0.05) is 22.5 Å². The van der Waals surface area contributed by atoms with Crippen molar-refractivity contribution in [2.45, 2.75) is 24.7 Å². The maximum absolute atomic E-state index is 2.47. The maximum Gasteiger partial charge on any atom is 0.0714 e. The molecule has 2 aliphatic rings. The minimum atomic E-state index is -0.502. The molecule has 10 aromatic rings. The van der Waals surface area contributed by atoms with Crippen LogP contribution in [0.5, 0.6) is 0 Å². The van der Waals surface area contributed by atoms with Gasteiger partial charge in [0.05, 0.1) is 5.41 Å². The van der Waals surface area contributed by atoms with Gasteiger partial charge in [-0.15, -0.1) is 0 Å². The van der Waals surface area contributed by atoms with Gasteiger partial charge >= 0.3 is 0 Å². The molecule has 1 heteroatoms. The molecule has 0 fully saturated rings. The van der Waals surface area contributed by atoms with Crippen molar-refractivity contribution >= 4 is 17.1 Å². The lowest BCUT2D eigenvalue weighted by molar-refractivity contribution is 0.660. The van der Waals surface area contributed by atoms with Crippen LogP contribution in [0.4, 0.5) is 17.1 Å². The monoisotopic (exact) mass is 829 g/mol. The summed E-state index contributed by atoms with van der Waals surface area (Å²) in [6, 6.07) is 91.9. The summed E-state index contributed by atoms with van der Waals surface area (Å²) in [5, 5.41) is 0. The summed E-state index contributed by atoms with van der Waals surface area (Å²) in [4.78, 5) is 2.47. The third kappa shape index (κ3) is 6.22. The van der Waals surface area contributed by atoms with Crippen molar-refractivity contribution in [2.75, 3.05) is 4.90 Å². The van der Waals surface area contributed by atoms with Crippen molar-refractivity contribution in [3.8, 4) is 55.6 Å². The van der Waals surface area contributed by atoms with E-state index >= 15 is 0 Å². The fourth-order valence-electron chi connectivity index (χ4n) is 11.0. The fraction of sp³-hybridized carbons (Fsp3) is 0.0625. The smallest absolute Gasteiger partial charge is 0.0714 e. The van der Waals surface area contributed by atoms with Gasteiger partial charge in [0.25, 0.3) is 0 Å². The lowest BCUT2D eigenvalue weighted by Crippen LogP contribution is -2.28. The zero-order chi connectivity index (χ0) is 43.5. The van der Waals surface area contributed by atoms with Crippen LogP contribution in [-0.2, 0) is 10.8 Å². The molecule has 0 amide bonds. The predicted octanol–water partition coefficient (Wildman–Crippen LogP) is 16.8. The van der Waals surface area contributed by atoms with E-state index in [-0.39, 0.29) is 5.41 Å². The second-order valence-electron chi connectivity index (χ2n) is 18.1. The van der Waals surface area contributed by atoms with Crippen molar-refractivity contribution in [1.82, 2.24) is 0 Å². The number of benzene rings is 10.